The molecule has 0 unspecified atom stereocenters. The second-order valence-electron chi connectivity index (χ2n) is 8.69. The van der Waals surface area contributed by atoms with Gasteiger partial charge in [-0.3, -0.25) is 5.43 Å². The molecule has 226 valence electrons. The van der Waals surface area contributed by atoms with Gasteiger partial charge in [0, 0.05) is 5.70 Å². The van der Waals surface area contributed by atoms with E-state index in [1.807, 2.05) is 0 Å². The van der Waals surface area contributed by atoms with Crippen LogP contribution in [0.4, 0.5) is 4.79 Å². The van der Waals surface area contributed by atoms with E-state index in [1.54, 1.807) is 50.2 Å². The Morgan fingerprint density at radius 3 is 2.45 bits per heavy atom. The van der Waals surface area contributed by atoms with Gasteiger partial charge in [0.15, 0.2) is 35.8 Å². The largest absolute Gasteiger partial charge is 0.493 e. The number of urea groups is 1. The van der Waals surface area contributed by atoms with Crippen LogP contribution in [-0.4, -0.2) is 76.7 Å². The zero-order valence-electron chi connectivity index (χ0n) is 23.9. The van der Waals surface area contributed by atoms with Crippen LogP contribution in [-0.2, 0) is 19.1 Å². The average Bonchev–Trinajstić information content (AvgIpc) is 2.98. The lowest BCUT2D eigenvalue weighted by atomic mass is 9.95. The Kier molecular flexibility index (Phi) is 11.4. The first-order valence-electron chi connectivity index (χ1n) is 12.8. The van der Waals surface area contributed by atoms with E-state index in [1.165, 1.54) is 27.5 Å². The second-order valence-corrected chi connectivity index (χ2v) is 8.69. The van der Waals surface area contributed by atoms with Gasteiger partial charge in [-0.2, -0.15) is 5.10 Å². The summed E-state index contributed by atoms with van der Waals surface area (Å²) in [5, 5.41) is 19.7. The lowest BCUT2D eigenvalue weighted by Gasteiger charge is -2.28. The Hall–Kier alpha value is -4.98. The fourth-order valence-corrected chi connectivity index (χ4v) is 3.90. The zero-order valence-corrected chi connectivity index (χ0v) is 23.9. The molecule has 0 aromatic heterocycles. The number of hydrogen-bond donors (Lipinski definition) is 4. The van der Waals surface area contributed by atoms with Crippen LogP contribution in [0.5, 0.6) is 23.0 Å². The fourth-order valence-electron chi connectivity index (χ4n) is 3.90. The number of methoxy groups -OCH3 is 3. The number of allylic oxidation sites excluding steroid dienone is 1. The first-order chi connectivity index (χ1) is 20.2. The summed E-state index contributed by atoms with van der Waals surface area (Å²) < 4.78 is 31.6. The summed E-state index contributed by atoms with van der Waals surface area (Å²) in [5.74, 6) is 0.307. The SMILES string of the molecule is CCOc1cc([C@H]2NC(=O)NC(C)=C2C(=O)OC)ccc1OC[C@@H](O)N/N=C\c1ccc(OCC(=O)OC)c(OC)c1. The maximum atomic E-state index is 12.4. The van der Waals surface area contributed by atoms with E-state index < -0.39 is 30.2 Å². The van der Waals surface area contributed by atoms with Gasteiger partial charge in [0.1, 0.15) is 6.61 Å². The van der Waals surface area contributed by atoms with E-state index in [0.717, 1.165) is 0 Å². The quantitative estimate of drug-likeness (QED) is 0.110. The van der Waals surface area contributed by atoms with Gasteiger partial charge in [0.05, 0.1) is 45.8 Å². The fraction of sp³-hybridized carbons (Fsp3) is 0.357. The third-order valence-corrected chi connectivity index (χ3v) is 5.87. The van der Waals surface area contributed by atoms with Crippen LogP contribution >= 0.6 is 0 Å². The summed E-state index contributed by atoms with van der Waals surface area (Å²) in [4.78, 5) is 35.8. The molecule has 3 rings (SSSR count). The number of amides is 2. The smallest absolute Gasteiger partial charge is 0.343 e. The van der Waals surface area contributed by atoms with Crippen molar-refractivity contribution in [1.29, 1.82) is 0 Å². The molecule has 42 heavy (non-hydrogen) atoms. The zero-order chi connectivity index (χ0) is 30.6. The number of aliphatic hydroxyl groups excluding tert-OH is 1. The molecule has 2 aromatic carbocycles. The third-order valence-electron chi connectivity index (χ3n) is 5.87. The molecule has 0 fully saturated rings. The summed E-state index contributed by atoms with van der Waals surface area (Å²) in [6.07, 6.45) is 0.276. The highest BCUT2D eigenvalue weighted by atomic mass is 16.6. The molecule has 0 saturated carbocycles. The molecular weight excluding hydrogens is 552 g/mol. The van der Waals surface area contributed by atoms with E-state index >= 15 is 0 Å². The molecule has 14 heteroatoms. The number of aliphatic hydroxyl groups is 1. The molecule has 2 aromatic rings. The van der Waals surface area contributed by atoms with Crippen molar-refractivity contribution in [2.75, 3.05) is 41.2 Å². The monoisotopic (exact) mass is 586 g/mol. The lowest BCUT2D eigenvalue weighted by Crippen LogP contribution is -2.45. The predicted molar refractivity (Wildman–Crippen MR) is 149 cm³/mol. The maximum absolute atomic E-state index is 12.4. The molecule has 0 bridgehead atoms. The Balaban J connectivity index is 1.65. The predicted octanol–water partition coefficient (Wildman–Crippen LogP) is 1.77. The standard InChI is InChI=1S/C28H34N4O10/c1-6-40-22-12-18(26-25(27(35)39-5)16(2)30-28(36)31-26)8-10-20(22)41-14-23(33)32-29-13-17-7-9-19(21(11-17)37-3)42-15-24(34)38-4/h7-13,23,26,32-33H,6,14-15H2,1-5H3,(H2,30,31,36)/b29-13-/t23-,26-/m1/s1. The topological polar surface area (TPSA) is 175 Å². The summed E-state index contributed by atoms with van der Waals surface area (Å²) in [5.41, 5.74) is 4.40. The highest BCUT2D eigenvalue weighted by Crippen LogP contribution is 2.35. The molecular formula is C28H34N4O10. The number of hydrogen-bond acceptors (Lipinski definition) is 12. The highest BCUT2D eigenvalue weighted by Gasteiger charge is 2.32. The Morgan fingerprint density at radius 1 is 1.02 bits per heavy atom. The number of ether oxygens (including phenoxy) is 6. The number of esters is 2. The Morgan fingerprint density at radius 2 is 1.76 bits per heavy atom. The molecule has 0 saturated heterocycles. The van der Waals surface area contributed by atoms with Gasteiger partial charge in [-0.1, -0.05) is 6.07 Å². The first kappa shape index (κ1) is 31.5. The first-order valence-corrected chi connectivity index (χ1v) is 12.8. The van der Waals surface area contributed by atoms with Crippen LogP contribution in [0.1, 0.15) is 31.0 Å². The van der Waals surface area contributed by atoms with Crippen LogP contribution in [0.3, 0.4) is 0 Å². The molecule has 0 radical (unpaired) electrons. The van der Waals surface area contributed by atoms with Crippen molar-refractivity contribution in [3.8, 4) is 23.0 Å². The number of rotatable bonds is 14. The summed E-state index contributed by atoms with van der Waals surface area (Å²) in [7, 11) is 3.99. The van der Waals surface area contributed by atoms with Crippen molar-refractivity contribution >= 4 is 24.2 Å². The molecule has 4 N–H and O–H groups in total. The summed E-state index contributed by atoms with van der Waals surface area (Å²) >= 11 is 0. The van der Waals surface area contributed by atoms with Crippen LogP contribution in [0, 0.1) is 0 Å². The van der Waals surface area contributed by atoms with E-state index in [9.17, 15) is 19.5 Å². The number of benzene rings is 2. The Labute approximate surface area is 242 Å². The molecule has 1 aliphatic heterocycles. The van der Waals surface area contributed by atoms with Gasteiger partial charge in [0.25, 0.3) is 0 Å². The van der Waals surface area contributed by atoms with Gasteiger partial charge in [-0.25, -0.2) is 14.4 Å². The molecule has 1 heterocycles. The normalized spacial score (nSPS) is 15.3. The van der Waals surface area contributed by atoms with Gasteiger partial charge >= 0.3 is 18.0 Å². The number of nitrogens with zero attached hydrogens (tertiary/aromatic N) is 1. The molecule has 1 aliphatic rings. The van der Waals surface area contributed by atoms with Crippen molar-refractivity contribution in [1.82, 2.24) is 16.1 Å². The lowest BCUT2D eigenvalue weighted by molar-refractivity contribution is -0.143. The van der Waals surface area contributed by atoms with Gasteiger partial charge in [-0.05, 0) is 55.3 Å². The molecule has 2 amide bonds. The molecule has 2 atom stereocenters. The van der Waals surface area contributed by atoms with Crippen molar-refractivity contribution in [3.05, 3.63) is 58.8 Å². The molecule has 0 spiro atoms. The van der Waals surface area contributed by atoms with Crippen molar-refractivity contribution in [2.45, 2.75) is 26.1 Å². The summed E-state index contributed by atoms with van der Waals surface area (Å²) in [6, 6.07) is 8.65. The van der Waals surface area contributed by atoms with Crippen molar-refractivity contribution < 1.29 is 47.9 Å². The minimum atomic E-state index is -1.18. The van der Waals surface area contributed by atoms with Gasteiger partial charge < -0.3 is 44.2 Å². The van der Waals surface area contributed by atoms with Crippen LogP contribution < -0.4 is 35.0 Å². The van der Waals surface area contributed by atoms with Gasteiger partial charge in [0.2, 0.25) is 0 Å². The van der Waals surface area contributed by atoms with E-state index in [4.69, 9.17) is 23.7 Å². The average molecular weight is 587 g/mol. The van der Waals surface area contributed by atoms with Crippen molar-refractivity contribution in [3.63, 3.8) is 0 Å². The minimum absolute atomic E-state index is 0.184. The van der Waals surface area contributed by atoms with E-state index in [-0.39, 0.29) is 18.8 Å². The van der Waals surface area contributed by atoms with Crippen LogP contribution in [0.15, 0.2) is 52.8 Å². The van der Waals surface area contributed by atoms with Crippen LogP contribution in [0.2, 0.25) is 0 Å². The molecule has 14 nitrogen and oxygen atoms in total. The maximum Gasteiger partial charge on any atom is 0.343 e. The Bertz CT molecular complexity index is 1340. The van der Waals surface area contributed by atoms with Crippen LogP contribution in [0.25, 0.3) is 0 Å². The number of nitrogens with one attached hydrogen (secondary N) is 3. The van der Waals surface area contributed by atoms with E-state index in [0.29, 0.717) is 46.4 Å². The van der Waals surface area contributed by atoms with E-state index in [2.05, 4.69) is 25.9 Å². The van der Waals surface area contributed by atoms with Gasteiger partial charge in [-0.15, -0.1) is 0 Å². The minimum Gasteiger partial charge on any atom is -0.493 e. The number of hydrazone groups is 1. The molecule has 0 aliphatic carbocycles. The van der Waals surface area contributed by atoms with Crippen molar-refractivity contribution in [2.24, 2.45) is 5.10 Å². The number of carbonyl (C=O) groups excluding carboxylic acids is 3. The highest BCUT2D eigenvalue weighted by molar-refractivity contribution is 5.95. The third kappa shape index (κ3) is 8.27. The number of carbonyl (C=O) groups is 3. The second kappa shape index (κ2) is 15.1. The summed E-state index contributed by atoms with van der Waals surface area (Å²) in [6.45, 7) is 3.28.